The summed E-state index contributed by atoms with van der Waals surface area (Å²) in [5.74, 6) is -1.87. The monoisotopic (exact) mass is 465 g/mol. The molecule has 2 aliphatic heterocycles. The van der Waals surface area contributed by atoms with Gasteiger partial charge in [-0.2, -0.15) is 0 Å². The molecule has 2 fully saturated rings. The number of nitrogens with one attached hydrogen (secondary N) is 1. The largest absolute Gasteiger partial charge is 0.479 e. The van der Waals surface area contributed by atoms with E-state index in [2.05, 4.69) is 5.32 Å². The van der Waals surface area contributed by atoms with E-state index in [1.807, 2.05) is 13.8 Å². The van der Waals surface area contributed by atoms with Gasteiger partial charge in [-0.25, -0.2) is 4.79 Å². The SMILES string of the molecule is CCC(C)(CC)OC1C(C(=O)O)OC(OC2C(O)C(CO)OC[C@H]2NC(C)=O)C(O)C1O. The summed E-state index contributed by atoms with van der Waals surface area (Å²) in [5.41, 5.74) is -0.752. The molecule has 32 heavy (non-hydrogen) atoms. The van der Waals surface area contributed by atoms with E-state index >= 15 is 0 Å². The number of aliphatic hydroxyl groups is 4. The Morgan fingerprint density at radius 3 is 2.22 bits per heavy atom. The number of carbonyl (C=O) groups is 2. The fourth-order valence-corrected chi connectivity index (χ4v) is 3.77. The highest BCUT2D eigenvalue weighted by Gasteiger charge is 2.53. The summed E-state index contributed by atoms with van der Waals surface area (Å²) < 4.78 is 22.3. The molecule has 0 spiro atoms. The van der Waals surface area contributed by atoms with Crippen molar-refractivity contribution in [2.75, 3.05) is 13.2 Å². The van der Waals surface area contributed by atoms with Crippen molar-refractivity contribution in [3.05, 3.63) is 0 Å². The van der Waals surface area contributed by atoms with Crippen LogP contribution in [0.3, 0.4) is 0 Å². The molecule has 2 aliphatic rings. The minimum Gasteiger partial charge on any atom is -0.479 e. The van der Waals surface area contributed by atoms with E-state index in [0.29, 0.717) is 12.8 Å². The third kappa shape index (κ3) is 5.94. The van der Waals surface area contributed by atoms with Gasteiger partial charge in [0.25, 0.3) is 0 Å². The highest BCUT2D eigenvalue weighted by molar-refractivity contribution is 5.73. The zero-order valence-electron chi connectivity index (χ0n) is 18.7. The summed E-state index contributed by atoms with van der Waals surface area (Å²) >= 11 is 0. The fourth-order valence-electron chi connectivity index (χ4n) is 3.77. The average Bonchev–Trinajstić information content (AvgIpc) is 2.74. The third-order valence-corrected chi connectivity index (χ3v) is 6.17. The molecule has 186 valence electrons. The number of aliphatic carboxylic acids is 1. The second kappa shape index (κ2) is 11.2. The van der Waals surface area contributed by atoms with Gasteiger partial charge in [-0.3, -0.25) is 4.79 Å². The molecule has 0 saturated carbocycles. The lowest BCUT2D eigenvalue weighted by atomic mass is 9.94. The fraction of sp³-hybridized carbons (Fsp3) is 0.900. The second-order valence-corrected chi connectivity index (χ2v) is 8.44. The normalized spacial score (nSPS) is 38.3. The lowest BCUT2D eigenvalue weighted by molar-refractivity contribution is -0.334. The molecule has 6 N–H and O–H groups in total. The van der Waals surface area contributed by atoms with Gasteiger partial charge in [0.15, 0.2) is 12.4 Å². The van der Waals surface area contributed by atoms with Crippen LogP contribution in [0.5, 0.6) is 0 Å². The maximum atomic E-state index is 11.9. The van der Waals surface area contributed by atoms with Crippen LogP contribution in [0.2, 0.25) is 0 Å². The van der Waals surface area contributed by atoms with E-state index in [4.69, 9.17) is 18.9 Å². The Morgan fingerprint density at radius 1 is 1.09 bits per heavy atom. The van der Waals surface area contributed by atoms with Crippen molar-refractivity contribution in [1.29, 1.82) is 0 Å². The van der Waals surface area contributed by atoms with Crippen LogP contribution in [-0.4, -0.2) is 111 Å². The minimum absolute atomic E-state index is 0.114. The Morgan fingerprint density at radius 2 is 1.72 bits per heavy atom. The maximum Gasteiger partial charge on any atom is 0.335 e. The Hall–Kier alpha value is -1.38. The average molecular weight is 465 g/mol. The van der Waals surface area contributed by atoms with Crippen LogP contribution in [0.1, 0.15) is 40.5 Å². The lowest BCUT2D eigenvalue weighted by Gasteiger charge is -2.47. The van der Waals surface area contributed by atoms with Crippen LogP contribution >= 0.6 is 0 Å². The number of rotatable bonds is 9. The quantitative estimate of drug-likeness (QED) is 0.224. The van der Waals surface area contributed by atoms with Gasteiger partial charge in [-0.1, -0.05) is 13.8 Å². The predicted molar refractivity (Wildman–Crippen MR) is 107 cm³/mol. The van der Waals surface area contributed by atoms with Crippen LogP contribution in [0.4, 0.5) is 0 Å². The molecule has 12 heteroatoms. The van der Waals surface area contributed by atoms with E-state index in [1.165, 1.54) is 6.92 Å². The highest BCUT2D eigenvalue weighted by atomic mass is 16.7. The van der Waals surface area contributed by atoms with Crippen molar-refractivity contribution in [2.24, 2.45) is 0 Å². The van der Waals surface area contributed by atoms with Gasteiger partial charge in [-0.05, 0) is 19.8 Å². The molecule has 0 radical (unpaired) electrons. The summed E-state index contributed by atoms with van der Waals surface area (Å²) in [4.78, 5) is 23.4. The topological polar surface area (TPSA) is 184 Å². The molecule has 8 unspecified atom stereocenters. The Balaban J connectivity index is 2.25. The van der Waals surface area contributed by atoms with Crippen LogP contribution in [0, 0.1) is 0 Å². The molecule has 0 aromatic carbocycles. The summed E-state index contributed by atoms with van der Waals surface area (Å²) in [7, 11) is 0. The van der Waals surface area contributed by atoms with Gasteiger partial charge >= 0.3 is 5.97 Å². The van der Waals surface area contributed by atoms with E-state index in [-0.39, 0.29) is 6.61 Å². The third-order valence-electron chi connectivity index (χ3n) is 6.17. The number of carboxylic acid groups (broad SMARTS) is 1. The van der Waals surface area contributed by atoms with Crippen LogP contribution < -0.4 is 5.32 Å². The van der Waals surface area contributed by atoms with Gasteiger partial charge in [0.2, 0.25) is 5.91 Å². The van der Waals surface area contributed by atoms with Crippen molar-refractivity contribution < 1.29 is 54.1 Å². The molecular weight excluding hydrogens is 430 g/mol. The predicted octanol–water partition coefficient (Wildman–Crippen LogP) is -1.88. The molecule has 12 nitrogen and oxygen atoms in total. The van der Waals surface area contributed by atoms with Gasteiger partial charge < -0.3 is 49.8 Å². The molecule has 9 atom stereocenters. The number of carbonyl (C=O) groups excluding carboxylic acids is 1. The minimum atomic E-state index is -1.71. The summed E-state index contributed by atoms with van der Waals surface area (Å²) in [6.45, 7) is 6.06. The zero-order chi connectivity index (χ0) is 24.2. The molecule has 1 amide bonds. The number of aliphatic hydroxyl groups excluding tert-OH is 4. The number of amides is 1. The maximum absolute atomic E-state index is 11.9. The van der Waals surface area contributed by atoms with Crippen LogP contribution in [0.15, 0.2) is 0 Å². The van der Waals surface area contributed by atoms with E-state index in [0.717, 1.165) is 0 Å². The van der Waals surface area contributed by atoms with Gasteiger partial charge in [0.1, 0.15) is 36.6 Å². The number of hydrogen-bond acceptors (Lipinski definition) is 10. The molecule has 0 aromatic rings. The van der Waals surface area contributed by atoms with E-state index in [9.17, 15) is 35.1 Å². The molecular formula is C20H35NO11. The van der Waals surface area contributed by atoms with E-state index in [1.54, 1.807) is 6.92 Å². The summed E-state index contributed by atoms with van der Waals surface area (Å²) in [5, 5.41) is 53.5. The first-order chi connectivity index (χ1) is 15.0. The number of hydrogen-bond donors (Lipinski definition) is 6. The standard InChI is InChI=1S/C20H35NO11/c1-5-20(4,6-2)32-16-13(25)14(26)19(31-17(16)18(27)28)30-15-10(21-9(3)23)8-29-11(7-22)12(15)24/h10-17,19,22,24-26H,5-8H2,1-4H3,(H,21,23)(H,27,28)/t10-,11?,12?,13?,14?,15?,16?,17?,19?/m1/s1. The second-order valence-electron chi connectivity index (χ2n) is 8.44. The number of carboxylic acids is 1. The smallest absolute Gasteiger partial charge is 0.335 e. The Bertz CT molecular complexity index is 643. The first-order valence-electron chi connectivity index (χ1n) is 10.7. The lowest BCUT2D eigenvalue weighted by Crippen LogP contribution is -2.66. The van der Waals surface area contributed by atoms with Crippen molar-refractivity contribution in [3.8, 4) is 0 Å². The van der Waals surface area contributed by atoms with Crippen LogP contribution in [-0.2, 0) is 28.5 Å². The first kappa shape index (κ1) is 26.9. The summed E-state index contributed by atoms with van der Waals surface area (Å²) in [6, 6.07) is -0.876. The first-order valence-corrected chi connectivity index (χ1v) is 10.7. The Kier molecular flexibility index (Phi) is 9.37. The molecule has 2 saturated heterocycles. The molecule has 0 aliphatic carbocycles. The molecule has 0 bridgehead atoms. The molecule has 2 heterocycles. The van der Waals surface area contributed by atoms with Crippen molar-refractivity contribution in [3.63, 3.8) is 0 Å². The Labute approximate surface area is 186 Å². The van der Waals surface area contributed by atoms with E-state index < -0.39 is 79.1 Å². The van der Waals surface area contributed by atoms with Gasteiger partial charge in [-0.15, -0.1) is 0 Å². The number of ether oxygens (including phenoxy) is 4. The highest BCUT2D eigenvalue weighted by Crippen LogP contribution is 2.32. The molecule has 0 aromatic heterocycles. The van der Waals surface area contributed by atoms with Gasteiger partial charge in [0.05, 0.1) is 24.9 Å². The van der Waals surface area contributed by atoms with Gasteiger partial charge in [0, 0.05) is 6.92 Å². The van der Waals surface area contributed by atoms with Crippen molar-refractivity contribution in [2.45, 2.75) is 101 Å². The molecule has 2 rings (SSSR count). The van der Waals surface area contributed by atoms with Crippen LogP contribution in [0.25, 0.3) is 0 Å². The van der Waals surface area contributed by atoms with Crippen molar-refractivity contribution >= 4 is 11.9 Å². The van der Waals surface area contributed by atoms with Crippen molar-refractivity contribution in [1.82, 2.24) is 5.32 Å². The summed E-state index contributed by atoms with van der Waals surface area (Å²) in [6.07, 6.45) is -10.7. The zero-order valence-corrected chi connectivity index (χ0v) is 18.7.